The zero-order valence-corrected chi connectivity index (χ0v) is 14.2. The lowest BCUT2D eigenvalue weighted by atomic mass is 9.94. The number of halogens is 1. The number of carbonyl (C=O) groups excluding carboxylic acids is 1. The van der Waals surface area contributed by atoms with E-state index in [0.29, 0.717) is 12.5 Å². The second-order valence-corrected chi connectivity index (χ2v) is 7.30. The first kappa shape index (κ1) is 15.5. The highest BCUT2D eigenvalue weighted by atomic mass is 79.9. The molecule has 1 N–H and O–H groups in total. The first-order valence-corrected chi connectivity index (χ1v) is 8.54. The number of benzene rings is 1. The van der Waals surface area contributed by atoms with Gasteiger partial charge >= 0.3 is 5.97 Å². The fraction of sp³-hybridized carbons (Fsp3) is 0.529. The Morgan fingerprint density at radius 2 is 2.14 bits per heavy atom. The van der Waals surface area contributed by atoms with Crippen LogP contribution in [0, 0.1) is 18.8 Å². The Morgan fingerprint density at radius 3 is 2.82 bits per heavy atom. The average molecular weight is 366 g/mol. The number of carbonyl (C=O) groups is 2. The number of aliphatic carboxylic acids is 1. The molecule has 0 spiro atoms. The molecule has 1 amide bonds. The first-order chi connectivity index (χ1) is 10.5. The van der Waals surface area contributed by atoms with Crippen molar-refractivity contribution in [3.63, 3.8) is 0 Å². The molecule has 0 aromatic heterocycles. The molecular weight excluding hydrogens is 346 g/mol. The van der Waals surface area contributed by atoms with Crippen LogP contribution in [0.4, 0.5) is 0 Å². The van der Waals surface area contributed by atoms with Crippen LogP contribution in [0.5, 0.6) is 0 Å². The van der Waals surface area contributed by atoms with Crippen LogP contribution in [-0.2, 0) is 16.0 Å². The summed E-state index contributed by atoms with van der Waals surface area (Å²) in [6, 6.07) is 5.22. The molecule has 1 saturated carbocycles. The highest BCUT2D eigenvalue weighted by molar-refractivity contribution is 9.10. The fourth-order valence-corrected chi connectivity index (χ4v) is 4.33. The van der Waals surface area contributed by atoms with Gasteiger partial charge in [0, 0.05) is 11.0 Å². The van der Waals surface area contributed by atoms with Crippen molar-refractivity contribution in [3.05, 3.63) is 33.8 Å². The van der Waals surface area contributed by atoms with Gasteiger partial charge in [0.15, 0.2) is 0 Å². The van der Waals surface area contributed by atoms with Gasteiger partial charge < -0.3 is 10.0 Å². The van der Waals surface area contributed by atoms with Gasteiger partial charge in [-0.1, -0.05) is 34.5 Å². The Morgan fingerprint density at radius 1 is 1.36 bits per heavy atom. The molecule has 4 nitrogen and oxygen atoms in total. The van der Waals surface area contributed by atoms with Gasteiger partial charge in [0.25, 0.3) is 0 Å². The quantitative estimate of drug-likeness (QED) is 0.895. The SMILES string of the molecule is Cc1ccc(CC(=O)N2CC3CCCC3C2C(=O)O)cc1Br. The molecule has 1 aromatic carbocycles. The molecule has 2 aliphatic rings. The first-order valence-electron chi connectivity index (χ1n) is 7.74. The number of carboxylic acid groups (broad SMARTS) is 1. The van der Waals surface area contributed by atoms with E-state index in [0.717, 1.165) is 34.9 Å². The van der Waals surface area contributed by atoms with E-state index in [4.69, 9.17) is 0 Å². The van der Waals surface area contributed by atoms with Gasteiger partial charge in [0.1, 0.15) is 6.04 Å². The van der Waals surface area contributed by atoms with Crippen LogP contribution in [-0.4, -0.2) is 34.5 Å². The summed E-state index contributed by atoms with van der Waals surface area (Å²) in [6.45, 7) is 2.60. The van der Waals surface area contributed by atoms with E-state index >= 15 is 0 Å². The van der Waals surface area contributed by atoms with E-state index in [-0.39, 0.29) is 18.2 Å². The van der Waals surface area contributed by atoms with Crippen LogP contribution in [0.25, 0.3) is 0 Å². The van der Waals surface area contributed by atoms with Crippen molar-refractivity contribution in [1.82, 2.24) is 4.90 Å². The number of nitrogens with zero attached hydrogens (tertiary/aromatic N) is 1. The lowest BCUT2D eigenvalue weighted by molar-refractivity contribution is -0.149. The zero-order valence-electron chi connectivity index (χ0n) is 12.6. The summed E-state index contributed by atoms with van der Waals surface area (Å²) < 4.78 is 0.978. The van der Waals surface area contributed by atoms with Gasteiger partial charge in [-0.25, -0.2) is 4.79 Å². The van der Waals surface area contributed by atoms with E-state index < -0.39 is 12.0 Å². The minimum Gasteiger partial charge on any atom is -0.480 e. The predicted octanol–water partition coefficient (Wildman–Crippen LogP) is 3.01. The Labute approximate surface area is 138 Å². The third-order valence-electron chi connectivity index (χ3n) is 5.06. The molecule has 22 heavy (non-hydrogen) atoms. The number of aryl methyl sites for hydroxylation is 1. The zero-order chi connectivity index (χ0) is 15.9. The number of fused-ring (bicyclic) bond motifs is 1. The molecule has 3 atom stereocenters. The molecule has 1 aliphatic heterocycles. The molecule has 1 heterocycles. The summed E-state index contributed by atoms with van der Waals surface area (Å²) in [6.07, 6.45) is 3.34. The number of hydrogen-bond acceptors (Lipinski definition) is 2. The van der Waals surface area contributed by atoms with E-state index in [1.807, 2.05) is 25.1 Å². The van der Waals surface area contributed by atoms with E-state index in [2.05, 4.69) is 15.9 Å². The number of likely N-dealkylation sites (tertiary alicyclic amines) is 1. The summed E-state index contributed by atoms with van der Waals surface area (Å²) in [7, 11) is 0. The van der Waals surface area contributed by atoms with Crippen LogP contribution >= 0.6 is 15.9 Å². The van der Waals surface area contributed by atoms with Gasteiger partial charge in [-0.15, -0.1) is 0 Å². The largest absolute Gasteiger partial charge is 0.480 e. The maximum Gasteiger partial charge on any atom is 0.326 e. The van der Waals surface area contributed by atoms with Gasteiger partial charge in [-0.2, -0.15) is 0 Å². The van der Waals surface area contributed by atoms with Crippen LogP contribution in [0.3, 0.4) is 0 Å². The van der Waals surface area contributed by atoms with Crippen molar-refractivity contribution in [2.75, 3.05) is 6.54 Å². The predicted molar refractivity (Wildman–Crippen MR) is 86.6 cm³/mol. The Bertz CT molecular complexity index is 616. The highest BCUT2D eigenvalue weighted by Gasteiger charge is 2.49. The molecule has 5 heteroatoms. The molecule has 3 rings (SSSR count). The monoisotopic (exact) mass is 365 g/mol. The average Bonchev–Trinajstić information content (AvgIpc) is 3.02. The second kappa shape index (κ2) is 6.03. The van der Waals surface area contributed by atoms with Crippen LogP contribution in [0.1, 0.15) is 30.4 Å². The summed E-state index contributed by atoms with van der Waals surface area (Å²) in [5.74, 6) is -0.411. The summed E-state index contributed by atoms with van der Waals surface area (Å²) in [4.78, 5) is 25.8. The normalized spacial score (nSPS) is 27.0. The number of carboxylic acids is 1. The standard InChI is InChI=1S/C17H20BrNO3/c1-10-5-6-11(7-14(10)18)8-15(20)19-9-12-3-2-4-13(12)16(19)17(21)22/h5-7,12-13,16H,2-4,8-9H2,1H3,(H,21,22). The summed E-state index contributed by atoms with van der Waals surface area (Å²) in [5.41, 5.74) is 2.04. The molecule has 3 unspecified atom stereocenters. The van der Waals surface area contributed by atoms with Crippen molar-refractivity contribution in [3.8, 4) is 0 Å². The van der Waals surface area contributed by atoms with Crippen LogP contribution in [0.15, 0.2) is 22.7 Å². The summed E-state index contributed by atoms with van der Waals surface area (Å²) in [5, 5.41) is 9.52. The second-order valence-electron chi connectivity index (χ2n) is 6.44. The Hall–Kier alpha value is -1.36. The van der Waals surface area contributed by atoms with Gasteiger partial charge in [0.2, 0.25) is 5.91 Å². The molecule has 1 aliphatic carbocycles. The van der Waals surface area contributed by atoms with Crippen molar-refractivity contribution < 1.29 is 14.7 Å². The van der Waals surface area contributed by atoms with E-state index in [1.165, 1.54) is 0 Å². The van der Waals surface area contributed by atoms with Crippen molar-refractivity contribution in [2.45, 2.75) is 38.6 Å². The Balaban J connectivity index is 1.76. The topological polar surface area (TPSA) is 57.6 Å². The molecule has 2 fully saturated rings. The molecule has 118 valence electrons. The van der Waals surface area contributed by atoms with Crippen molar-refractivity contribution in [2.24, 2.45) is 11.8 Å². The maximum absolute atomic E-state index is 12.6. The van der Waals surface area contributed by atoms with E-state index in [1.54, 1.807) is 4.90 Å². The van der Waals surface area contributed by atoms with Crippen LogP contribution in [0.2, 0.25) is 0 Å². The fourth-order valence-electron chi connectivity index (χ4n) is 3.90. The van der Waals surface area contributed by atoms with Crippen LogP contribution < -0.4 is 0 Å². The third kappa shape index (κ3) is 2.78. The Kier molecular flexibility index (Phi) is 4.26. The molecule has 0 radical (unpaired) electrons. The van der Waals surface area contributed by atoms with E-state index in [9.17, 15) is 14.7 Å². The van der Waals surface area contributed by atoms with Gasteiger partial charge in [-0.05, 0) is 48.8 Å². The molecular formula is C17H20BrNO3. The van der Waals surface area contributed by atoms with Crippen molar-refractivity contribution >= 4 is 27.8 Å². The van der Waals surface area contributed by atoms with Gasteiger partial charge in [-0.3, -0.25) is 4.79 Å². The molecule has 1 saturated heterocycles. The highest BCUT2D eigenvalue weighted by Crippen LogP contribution is 2.42. The maximum atomic E-state index is 12.6. The third-order valence-corrected chi connectivity index (χ3v) is 5.91. The lowest BCUT2D eigenvalue weighted by Crippen LogP contribution is -2.43. The molecule has 0 bridgehead atoms. The smallest absolute Gasteiger partial charge is 0.326 e. The minimum atomic E-state index is -0.854. The minimum absolute atomic E-state index is 0.0717. The number of hydrogen-bond donors (Lipinski definition) is 1. The number of rotatable bonds is 3. The summed E-state index contributed by atoms with van der Waals surface area (Å²) >= 11 is 3.48. The van der Waals surface area contributed by atoms with Crippen molar-refractivity contribution in [1.29, 1.82) is 0 Å². The number of amides is 1. The van der Waals surface area contributed by atoms with Gasteiger partial charge in [0.05, 0.1) is 6.42 Å². The molecule has 1 aromatic rings. The lowest BCUT2D eigenvalue weighted by Gasteiger charge is -2.24.